The minimum absolute atomic E-state index is 0.198. The lowest BCUT2D eigenvalue weighted by atomic mass is 10.2. The molecule has 1 aliphatic heterocycles. The summed E-state index contributed by atoms with van der Waals surface area (Å²) in [6, 6.07) is 6.54. The molecule has 1 aliphatic rings. The van der Waals surface area contributed by atoms with Gasteiger partial charge in [0, 0.05) is 6.42 Å². The molecule has 1 heterocycles. The molecule has 5 heteroatoms. The summed E-state index contributed by atoms with van der Waals surface area (Å²) < 4.78 is 29.2. The van der Waals surface area contributed by atoms with Crippen LogP contribution in [0.3, 0.4) is 0 Å². The largest absolute Gasteiger partial charge is 0.389 e. The maximum absolute atomic E-state index is 12.1. The lowest BCUT2D eigenvalue weighted by molar-refractivity contribution is 0.0951. The Hall–Kier alpha value is -0.910. The summed E-state index contributed by atoms with van der Waals surface area (Å²) in [7, 11) is -3.58. The molecule has 2 rings (SSSR count). The van der Waals surface area contributed by atoms with E-state index in [0.717, 1.165) is 5.56 Å². The zero-order chi connectivity index (χ0) is 11.8. The summed E-state index contributed by atoms with van der Waals surface area (Å²) in [6.07, 6.45) is -0.554. The first-order valence-corrected chi connectivity index (χ1v) is 6.67. The molecule has 1 N–H and O–H groups in total. The molecule has 4 nitrogen and oxygen atoms in total. The van der Waals surface area contributed by atoms with Crippen LogP contribution in [0.1, 0.15) is 12.0 Å². The number of ether oxygens (including phenoxy) is 1. The van der Waals surface area contributed by atoms with Gasteiger partial charge < -0.3 is 9.84 Å². The minimum atomic E-state index is -3.58. The number of sulfone groups is 1. The molecule has 0 amide bonds. The molecule has 0 saturated carbocycles. The van der Waals surface area contributed by atoms with Gasteiger partial charge in [-0.2, -0.15) is 0 Å². The van der Waals surface area contributed by atoms with Crippen molar-refractivity contribution in [2.24, 2.45) is 0 Å². The third-order valence-corrected chi connectivity index (χ3v) is 4.66. The normalized spacial score (nSPS) is 25.9. The Morgan fingerprint density at radius 2 is 1.94 bits per heavy atom. The molecule has 1 fully saturated rings. The van der Waals surface area contributed by atoms with Gasteiger partial charge in [0.1, 0.15) is 0 Å². The average molecular weight is 242 g/mol. The van der Waals surface area contributed by atoms with Crippen molar-refractivity contribution in [1.29, 1.82) is 0 Å². The summed E-state index contributed by atoms with van der Waals surface area (Å²) in [5, 5.41) is 9.54. The quantitative estimate of drug-likeness (QED) is 0.836. The summed E-state index contributed by atoms with van der Waals surface area (Å²) in [5.41, 5.74) is -0.123. The van der Waals surface area contributed by atoms with Gasteiger partial charge in [-0.25, -0.2) is 8.42 Å². The lowest BCUT2D eigenvalue weighted by Gasteiger charge is -2.14. The van der Waals surface area contributed by atoms with Crippen LogP contribution in [-0.4, -0.2) is 31.7 Å². The topological polar surface area (TPSA) is 63.6 Å². The van der Waals surface area contributed by atoms with Gasteiger partial charge in [0.2, 0.25) is 9.84 Å². The molecule has 0 unspecified atom stereocenters. The Bertz CT molecular complexity index is 463. The third kappa shape index (κ3) is 1.98. The van der Waals surface area contributed by atoms with Crippen LogP contribution in [0.4, 0.5) is 0 Å². The van der Waals surface area contributed by atoms with Gasteiger partial charge in [-0.3, -0.25) is 0 Å². The Morgan fingerprint density at radius 3 is 2.44 bits per heavy atom. The molecule has 1 aromatic carbocycles. The fourth-order valence-electron chi connectivity index (χ4n) is 1.71. The van der Waals surface area contributed by atoms with E-state index in [1.54, 1.807) is 24.3 Å². The number of benzene rings is 1. The van der Waals surface area contributed by atoms with E-state index >= 15 is 0 Å². The summed E-state index contributed by atoms with van der Waals surface area (Å²) >= 11 is 0. The van der Waals surface area contributed by atoms with Crippen molar-refractivity contribution in [2.45, 2.75) is 29.8 Å². The number of hydrogen-bond acceptors (Lipinski definition) is 4. The molecule has 88 valence electrons. The zero-order valence-corrected chi connectivity index (χ0v) is 9.78. The second-order valence-corrected chi connectivity index (χ2v) is 5.98. The fraction of sp³-hybridized carbons (Fsp3) is 0.455. The monoisotopic (exact) mass is 242 g/mol. The highest BCUT2D eigenvalue weighted by Gasteiger charge is 2.38. The number of hydrogen-bond donors (Lipinski definition) is 1. The van der Waals surface area contributed by atoms with E-state index in [-0.39, 0.29) is 11.5 Å². The molecule has 16 heavy (non-hydrogen) atoms. The highest BCUT2D eigenvalue weighted by molar-refractivity contribution is 7.92. The van der Waals surface area contributed by atoms with Crippen molar-refractivity contribution in [1.82, 2.24) is 0 Å². The maximum atomic E-state index is 12.1. The molecular weight excluding hydrogens is 228 g/mol. The average Bonchev–Trinajstić information content (AvgIpc) is 2.66. The van der Waals surface area contributed by atoms with E-state index in [9.17, 15) is 13.5 Å². The van der Waals surface area contributed by atoms with Crippen LogP contribution in [0, 0.1) is 6.92 Å². The maximum Gasteiger partial charge on any atom is 0.207 e. The lowest BCUT2D eigenvalue weighted by Crippen LogP contribution is -2.30. The standard InChI is InChI=1S/C11H14O4S/c1-8-2-4-9(5-3-8)16(13,14)11-10(12)6-7-15-11/h2-5,10-12H,6-7H2,1H3/t10-,11+/m0/s1. The van der Waals surface area contributed by atoms with E-state index < -0.39 is 21.4 Å². The second kappa shape index (κ2) is 4.16. The Kier molecular flexibility index (Phi) is 3.01. The predicted octanol–water partition coefficient (Wildman–Crippen LogP) is 0.876. The molecule has 2 atom stereocenters. The second-order valence-electron chi connectivity index (χ2n) is 3.95. The highest BCUT2D eigenvalue weighted by atomic mass is 32.2. The predicted molar refractivity (Wildman–Crippen MR) is 58.7 cm³/mol. The van der Waals surface area contributed by atoms with Crippen LogP contribution < -0.4 is 0 Å². The molecule has 0 aromatic heterocycles. The summed E-state index contributed by atoms with van der Waals surface area (Å²) in [5.74, 6) is 0. The van der Waals surface area contributed by atoms with Gasteiger partial charge in [0.25, 0.3) is 0 Å². The number of aryl methyl sites for hydroxylation is 1. The number of aliphatic hydroxyl groups excluding tert-OH is 1. The Labute approximate surface area is 94.8 Å². The summed E-state index contributed by atoms with van der Waals surface area (Å²) in [6.45, 7) is 2.17. The van der Waals surface area contributed by atoms with Crippen LogP contribution in [-0.2, 0) is 14.6 Å². The van der Waals surface area contributed by atoms with E-state index in [1.165, 1.54) is 0 Å². The first kappa shape index (κ1) is 11.6. The van der Waals surface area contributed by atoms with Crippen LogP contribution >= 0.6 is 0 Å². The van der Waals surface area contributed by atoms with Gasteiger partial charge >= 0.3 is 0 Å². The number of aliphatic hydroxyl groups is 1. The van der Waals surface area contributed by atoms with Crippen LogP contribution in [0.15, 0.2) is 29.2 Å². The molecule has 0 aliphatic carbocycles. The Morgan fingerprint density at radius 1 is 1.31 bits per heavy atom. The van der Waals surface area contributed by atoms with Crippen molar-refractivity contribution in [3.05, 3.63) is 29.8 Å². The van der Waals surface area contributed by atoms with Crippen LogP contribution in [0.2, 0.25) is 0 Å². The molecule has 1 saturated heterocycles. The van der Waals surface area contributed by atoms with E-state index in [4.69, 9.17) is 4.74 Å². The summed E-state index contributed by atoms with van der Waals surface area (Å²) in [4.78, 5) is 0.198. The van der Waals surface area contributed by atoms with Crippen molar-refractivity contribution < 1.29 is 18.3 Å². The van der Waals surface area contributed by atoms with Crippen LogP contribution in [0.5, 0.6) is 0 Å². The smallest absolute Gasteiger partial charge is 0.207 e. The zero-order valence-electron chi connectivity index (χ0n) is 8.96. The van der Waals surface area contributed by atoms with Crippen molar-refractivity contribution in [3.63, 3.8) is 0 Å². The van der Waals surface area contributed by atoms with Crippen molar-refractivity contribution >= 4 is 9.84 Å². The van der Waals surface area contributed by atoms with E-state index in [2.05, 4.69) is 0 Å². The van der Waals surface area contributed by atoms with Gasteiger partial charge in [-0.15, -0.1) is 0 Å². The molecule has 0 bridgehead atoms. The molecule has 0 radical (unpaired) electrons. The Balaban J connectivity index is 2.35. The SMILES string of the molecule is Cc1ccc(S(=O)(=O)[C@H]2OCC[C@@H]2O)cc1. The van der Waals surface area contributed by atoms with E-state index in [0.29, 0.717) is 6.42 Å². The molecular formula is C11H14O4S. The molecule has 1 aromatic rings. The first-order valence-electron chi connectivity index (χ1n) is 5.12. The number of rotatable bonds is 2. The van der Waals surface area contributed by atoms with Crippen LogP contribution in [0.25, 0.3) is 0 Å². The third-order valence-electron chi connectivity index (χ3n) is 2.67. The highest BCUT2D eigenvalue weighted by Crippen LogP contribution is 2.25. The van der Waals surface area contributed by atoms with E-state index in [1.807, 2.05) is 6.92 Å². The fourth-order valence-corrected chi connectivity index (χ4v) is 3.32. The van der Waals surface area contributed by atoms with Gasteiger partial charge in [-0.05, 0) is 19.1 Å². The van der Waals surface area contributed by atoms with Gasteiger partial charge in [-0.1, -0.05) is 17.7 Å². The van der Waals surface area contributed by atoms with Gasteiger partial charge in [0.05, 0.1) is 17.6 Å². The first-order chi connectivity index (χ1) is 7.51. The van der Waals surface area contributed by atoms with Crippen molar-refractivity contribution in [2.75, 3.05) is 6.61 Å². The van der Waals surface area contributed by atoms with Crippen molar-refractivity contribution in [3.8, 4) is 0 Å². The molecule has 0 spiro atoms. The van der Waals surface area contributed by atoms with Gasteiger partial charge in [0.15, 0.2) is 5.44 Å². The minimum Gasteiger partial charge on any atom is -0.389 e.